The normalized spacial score (nSPS) is 16.3. The monoisotopic (exact) mass is 466 g/mol. The lowest BCUT2D eigenvalue weighted by Gasteiger charge is -2.37. The number of rotatable bonds is 8. The fourth-order valence-electron chi connectivity index (χ4n) is 3.97. The summed E-state index contributed by atoms with van der Waals surface area (Å²) in [6.45, 7) is 7.96. The van der Waals surface area contributed by atoms with E-state index in [0.29, 0.717) is 36.6 Å². The van der Waals surface area contributed by atoms with Gasteiger partial charge in [0.05, 0.1) is 11.6 Å². The molecule has 0 spiro atoms. The molecule has 0 saturated heterocycles. The van der Waals surface area contributed by atoms with Gasteiger partial charge in [-0.1, -0.05) is 41.1 Å². The zero-order chi connectivity index (χ0) is 23.4. The van der Waals surface area contributed by atoms with E-state index in [1.807, 2.05) is 56.0 Å². The van der Waals surface area contributed by atoms with E-state index in [-0.39, 0.29) is 5.82 Å². The highest BCUT2D eigenvalue weighted by Crippen LogP contribution is 2.37. The maximum atomic E-state index is 14.1. The summed E-state index contributed by atoms with van der Waals surface area (Å²) in [6, 6.07) is 14.0. The molecule has 2 aromatic carbocycles. The summed E-state index contributed by atoms with van der Waals surface area (Å²) in [5.41, 5.74) is 4.38. The van der Waals surface area contributed by atoms with Crippen LogP contribution < -0.4 is 5.32 Å². The third-order valence-electron chi connectivity index (χ3n) is 5.59. The van der Waals surface area contributed by atoms with E-state index in [4.69, 9.17) is 26.5 Å². The molecule has 0 amide bonds. The standard InChI is InChI=1S/C25H27FN4O2S/c1-4-31-13-7-12-30-17(3)21(22(27-25(30)33)18-9-6-11-20(26)15-18)24-28-23(29-32-24)19-10-5-8-16(2)14-19/h5-6,8-11,14-15,22H,4,7,12-13H2,1-3H3,(H,27,33). The maximum Gasteiger partial charge on any atom is 0.258 e. The minimum absolute atomic E-state index is 0.317. The SMILES string of the molecule is CCOCCCN1C(=S)NC(c2cccc(F)c2)C(c2nc(-c3cccc(C)c3)no2)=C1C. The Hall–Kier alpha value is -3.10. The lowest BCUT2D eigenvalue weighted by atomic mass is 9.94. The van der Waals surface area contributed by atoms with Crippen molar-refractivity contribution in [3.8, 4) is 11.4 Å². The first-order valence-corrected chi connectivity index (χ1v) is 11.4. The van der Waals surface area contributed by atoms with E-state index < -0.39 is 6.04 Å². The third kappa shape index (κ3) is 5.12. The Bertz CT molecular complexity index is 1180. The predicted molar refractivity (Wildman–Crippen MR) is 130 cm³/mol. The number of aryl methyl sites for hydroxylation is 1. The molecule has 1 aromatic heterocycles. The van der Waals surface area contributed by atoms with Gasteiger partial charge in [-0.2, -0.15) is 4.98 Å². The van der Waals surface area contributed by atoms with Gasteiger partial charge in [0.1, 0.15) is 5.82 Å². The van der Waals surface area contributed by atoms with E-state index in [1.165, 1.54) is 12.1 Å². The van der Waals surface area contributed by atoms with E-state index in [0.717, 1.165) is 34.4 Å². The summed E-state index contributed by atoms with van der Waals surface area (Å²) in [5, 5.41) is 8.14. The van der Waals surface area contributed by atoms with Gasteiger partial charge in [-0.05, 0) is 63.2 Å². The van der Waals surface area contributed by atoms with Crippen LogP contribution in [0.4, 0.5) is 4.39 Å². The Kier molecular flexibility index (Phi) is 7.15. The highest BCUT2D eigenvalue weighted by molar-refractivity contribution is 7.80. The quantitative estimate of drug-likeness (QED) is 0.358. The molecule has 0 saturated carbocycles. The van der Waals surface area contributed by atoms with E-state index >= 15 is 0 Å². The van der Waals surface area contributed by atoms with Crippen LogP contribution >= 0.6 is 12.2 Å². The van der Waals surface area contributed by atoms with Crippen LogP contribution in [-0.4, -0.2) is 39.9 Å². The molecule has 1 unspecified atom stereocenters. The second kappa shape index (κ2) is 10.2. The number of benzene rings is 2. The number of aromatic nitrogens is 2. The van der Waals surface area contributed by atoms with Crippen LogP contribution in [0, 0.1) is 12.7 Å². The van der Waals surface area contributed by atoms with Crippen LogP contribution in [0.25, 0.3) is 17.0 Å². The lowest BCUT2D eigenvalue weighted by Crippen LogP contribution is -2.46. The molecule has 1 aliphatic heterocycles. The Balaban J connectivity index is 1.75. The summed E-state index contributed by atoms with van der Waals surface area (Å²) in [7, 11) is 0. The van der Waals surface area contributed by atoms with Crippen LogP contribution in [-0.2, 0) is 4.74 Å². The molecular formula is C25H27FN4O2S. The Morgan fingerprint density at radius 2 is 2.00 bits per heavy atom. The van der Waals surface area contributed by atoms with Crippen molar-refractivity contribution in [1.82, 2.24) is 20.4 Å². The second-order valence-corrected chi connectivity index (χ2v) is 8.32. The molecule has 4 rings (SSSR count). The largest absolute Gasteiger partial charge is 0.382 e. The van der Waals surface area contributed by atoms with Gasteiger partial charge in [0.15, 0.2) is 5.11 Å². The average Bonchev–Trinajstić information content (AvgIpc) is 3.28. The highest BCUT2D eigenvalue weighted by Gasteiger charge is 2.34. The molecule has 1 atom stereocenters. The van der Waals surface area contributed by atoms with E-state index in [2.05, 4.69) is 10.5 Å². The number of nitrogens with one attached hydrogen (secondary N) is 1. The summed E-state index contributed by atoms with van der Waals surface area (Å²) < 4.78 is 25.3. The molecule has 0 fully saturated rings. The number of hydrogen-bond donors (Lipinski definition) is 1. The van der Waals surface area contributed by atoms with Gasteiger partial charge in [-0.15, -0.1) is 0 Å². The number of hydrogen-bond acceptors (Lipinski definition) is 5. The molecule has 0 radical (unpaired) electrons. The van der Waals surface area contributed by atoms with Gasteiger partial charge in [0.25, 0.3) is 5.89 Å². The molecule has 33 heavy (non-hydrogen) atoms. The van der Waals surface area contributed by atoms with Crippen molar-refractivity contribution in [1.29, 1.82) is 0 Å². The van der Waals surface area contributed by atoms with Gasteiger partial charge >= 0.3 is 0 Å². The number of allylic oxidation sites excluding steroid dienone is 1. The molecule has 172 valence electrons. The Labute approximate surface area is 198 Å². The minimum Gasteiger partial charge on any atom is -0.382 e. The van der Waals surface area contributed by atoms with Crippen LogP contribution in [0.15, 0.2) is 58.8 Å². The summed E-state index contributed by atoms with van der Waals surface area (Å²) in [5.74, 6) is 0.563. The topological polar surface area (TPSA) is 63.4 Å². The van der Waals surface area contributed by atoms with Crippen molar-refractivity contribution in [3.63, 3.8) is 0 Å². The van der Waals surface area contributed by atoms with Gasteiger partial charge in [0, 0.05) is 31.0 Å². The average molecular weight is 467 g/mol. The Morgan fingerprint density at radius 3 is 2.76 bits per heavy atom. The first-order valence-electron chi connectivity index (χ1n) is 11.0. The summed E-state index contributed by atoms with van der Waals surface area (Å²) >= 11 is 5.67. The molecule has 1 N–H and O–H groups in total. The zero-order valence-corrected chi connectivity index (χ0v) is 19.8. The van der Waals surface area contributed by atoms with Gasteiger partial charge < -0.3 is 19.5 Å². The minimum atomic E-state index is -0.415. The van der Waals surface area contributed by atoms with Crippen LogP contribution in [0.1, 0.15) is 43.3 Å². The zero-order valence-electron chi connectivity index (χ0n) is 19.0. The summed E-state index contributed by atoms with van der Waals surface area (Å²) in [6.07, 6.45) is 0.809. The predicted octanol–water partition coefficient (Wildman–Crippen LogP) is 5.27. The molecule has 3 aromatic rings. The van der Waals surface area contributed by atoms with Gasteiger partial charge in [-0.3, -0.25) is 0 Å². The van der Waals surface area contributed by atoms with Crippen molar-refractivity contribution in [2.45, 2.75) is 33.2 Å². The fourth-order valence-corrected chi connectivity index (χ4v) is 4.31. The van der Waals surface area contributed by atoms with Crippen molar-refractivity contribution in [2.75, 3.05) is 19.8 Å². The smallest absolute Gasteiger partial charge is 0.258 e. The maximum absolute atomic E-state index is 14.1. The van der Waals surface area contributed by atoms with E-state index in [1.54, 1.807) is 6.07 Å². The van der Waals surface area contributed by atoms with Crippen LogP contribution in [0.3, 0.4) is 0 Å². The fraction of sp³-hybridized carbons (Fsp3) is 0.320. The van der Waals surface area contributed by atoms with E-state index in [9.17, 15) is 4.39 Å². The second-order valence-electron chi connectivity index (χ2n) is 7.93. The number of halogens is 1. The molecular weight excluding hydrogens is 439 g/mol. The molecule has 0 bridgehead atoms. The van der Waals surface area contributed by atoms with Crippen molar-refractivity contribution in [2.24, 2.45) is 0 Å². The van der Waals surface area contributed by atoms with Crippen molar-refractivity contribution >= 4 is 22.9 Å². The summed E-state index contributed by atoms with van der Waals surface area (Å²) in [4.78, 5) is 6.71. The number of ether oxygens (including phenoxy) is 1. The molecule has 6 nitrogen and oxygen atoms in total. The third-order valence-corrected chi connectivity index (χ3v) is 5.92. The van der Waals surface area contributed by atoms with Gasteiger partial charge in [0.2, 0.25) is 5.82 Å². The van der Waals surface area contributed by atoms with Crippen molar-refractivity contribution in [3.05, 3.63) is 77.1 Å². The lowest BCUT2D eigenvalue weighted by molar-refractivity contribution is 0.141. The molecule has 2 heterocycles. The number of thiocarbonyl (C=S) groups is 1. The van der Waals surface area contributed by atoms with Crippen LogP contribution in [0.2, 0.25) is 0 Å². The first-order chi connectivity index (χ1) is 16.0. The molecule has 0 aliphatic carbocycles. The van der Waals surface area contributed by atoms with Gasteiger partial charge in [-0.25, -0.2) is 4.39 Å². The molecule has 1 aliphatic rings. The highest BCUT2D eigenvalue weighted by atomic mass is 32.1. The Morgan fingerprint density at radius 1 is 1.18 bits per heavy atom. The molecule has 8 heteroatoms. The van der Waals surface area contributed by atoms with Crippen molar-refractivity contribution < 1.29 is 13.7 Å². The first kappa shape index (κ1) is 23.1. The van der Waals surface area contributed by atoms with Crippen LogP contribution in [0.5, 0.6) is 0 Å². The number of nitrogens with zero attached hydrogens (tertiary/aromatic N) is 3.